The van der Waals surface area contributed by atoms with Crippen LogP contribution >= 0.6 is 0 Å². The Balaban J connectivity index is 2.05. The average molecular weight is 201 g/mol. The number of aliphatic hydroxyl groups excluding tert-OH is 1. The molecule has 0 amide bonds. The molecular formula is C11H23NO2. The first-order valence-corrected chi connectivity index (χ1v) is 5.81. The first kappa shape index (κ1) is 12.0. The van der Waals surface area contributed by atoms with Crippen molar-refractivity contribution >= 4 is 0 Å². The van der Waals surface area contributed by atoms with E-state index < -0.39 is 0 Å². The van der Waals surface area contributed by atoms with Crippen LogP contribution < -0.4 is 0 Å². The van der Waals surface area contributed by atoms with E-state index in [0.29, 0.717) is 0 Å². The third-order valence-corrected chi connectivity index (χ3v) is 2.75. The Morgan fingerprint density at radius 3 is 2.93 bits per heavy atom. The Hall–Kier alpha value is -0.120. The minimum atomic E-state index is 0.0509. The second-order valence-corrected chi connectivity index (χ2v) is 4.04. The van der Waals surface area contributed by atoms with E-state index in [1.807, 2.05) is 0 Å². The van der Waals surface area contributed by atoms with Crippen molar-refractivity contribution in [2.45, 2.75) is 38.7 Å². The second-order valence-electron chi connectivity index (χ2n) is 4.04. The van der Waals surface area contributed by atoms with E-state index in [1.165, 1.54) is 32.2 Å². The molecule has 14 heavy (non-hydrogen) atoms. The summed E-state index contributed by atoms with van der Waals surface area (Å²) in [6.07, 6.45) is 5.30. The number of hydrogen-bond acceptors (Lipinski definition) is 3. The highest BCUT2D eigenvalue weighted by Gasteiger charge is 2.18. The van der Waals surface area contributed by atoms with Crippen LogP contribution in [0.5, 0.6) is 0 Å². The molecule has 1 N–H and O–H groups in total. The van der Waals surface area contributed by atoms with Crippen LogP contribution in [0.1, 0.15) is 32.6 Å². The lowest BCUT2D eigenvalue weighted by Crippen LogP contribution is -2.44. The molecule has 1 aliphatic heterocycles. The van der Waals surface area contributed by atoms with Crippen molar-refractivity contribution in [3.8, 4) is 0 Å². The summed E-state index contributed by atoms with van der Waals surface area (Å²) in [5.41, 5.74) is 0. The maximum atomic E-state index is 8.97. The minimum absolute atomic E-state index is 0.0509. The van der Waals surface area contributed by atoms with Gasteiger partial charge in [-0.05, 0) is 13.0 Å². The van der Waals surface area contributed by atoms with Gasteiger partial charge < -0.3 is 9.84 Å². The molecule has 0 radical (unpaired) electrons. The molecule has 3 nitrogen and oxygen atoms in total. The summed E-state index contributed by atoms with van der Waals surface area (Å²) in [4.78, 5) is 2.40. The summed E-state index contributed by atoms with van der Waals surface area (Å²) < 4.78 is 5.39. The SMILES string of the molecule is CCCCCCN1CCOC(CO)C1. The van der Waals surface area contributed by atoms with Crippen molar-refractivity contribution < 1.29 is 9.84 Å². The van der Waals surface area contributed by atoms with Crippen molar-refractivity contribution in [3.63, 3.8) is 0 Å². The lowest BCUT2D eigenvalue weighted by atomic mass is 10.2. The van der Waals surface area contributed by atoms with Crippen LogP contribution in [0, 0.1) is 0 Å². The summed E-state index contributed by atoms with van der Waals surface area (Å²) >= 11 is 0. The summed E-state index contributed by atoms with van der Waals surface area (Å²) in [7, 11) is 0. The lowest BCUT2D eigenvalue weighted by Gasteiger charge is -2.31. The molecule has 1 saturated heterocycles. The van der Waals surface area contributed by atoms with Crippen molar-refractivity contribution in [2.24, 2.45) is 0 Å². The largest absolute Gasteiger partial charge is 0.394 e. The molecule has 1 heterocycles. The van der Waals surface area contributed by atoms with Gasteiger partial charge >= 0.3 is 0 Å². The van der Waals surface area contributed by atoms with E-state index >= 15 is 0 Å². The normalized spacial score (nSPS) is 24.0. The van der Waals surface area contributed by atoms with Crippen LogP contribution in [0.15, 0.2) is 0 Å². The van der Waals surface area contributed by atoms with Crippen molar-refractivity contribution in [1.82, 2.24) is 4.90 Å². The van der Waals surface area contributed by atoms with Gasteiger partial charge in [-0.25, -0.2) is 0 Å². The lowest BCUT2D eigenvalue weighted by molar-refractivity contribution is -0.0529. The first-order chi connectivity index (χ1) is 6.86. The van der Waals surface area contributed by atoms with Gasteiger partial charge in [-0.2, -0.15) is 0 Å². The highest BCUT2D eigenvalue weighted by Crippen LogP contribution is 2.07. The van der Waals surface area contributed by atoms with Crippen LogP contribution in [0.4, 0.5) is 0 Å². The standard InChI is InChI=1S/C11H23NO2/c1-2-3-4-5-6-12-7-8-14-11(9-12)10-13/h11,13H,2-10H2,1H3. The van der Waals surface area contributed by atoms with Crippen LogP contribution in [0.25, 0.3) is 0 Å². The predicted molar refractivity (Wildman–Crippen MR) is 57.4 cm³/mol. The third kappa shape index (κ3) is 4.40. The van der Waals surface area contributed by atoms with Crippen LogP contribution in [0.3, 0.4) is 0 Å². The van der Waals surface area contributed by atoms with Gasteiger partial charge in [0.15, 0.2) is 0 Å². The first-order valence-electron chi connectivity index (χ1n) is 5.81. The fourth-order valence-corrected chi connectivity index (χ4v) is 1.86. The van der Waals surface area contributed by atoms with Gasteiger partial charge in [0.05, 0.1) is 19.3 Å². The number of ether oxygens (including phenoxy) is 1. The Morgan fingerprint density at radius 2 is 2.21 bits per heavy atom. The van der Waals surface area contributed by atoms with Gasteiger partial charge in [0.2, 0.25) is 0 Å². The molecule has 0 aliphatic carbocycles. The number of unbranched alkanes of at least 4 members (excludes halogenated alkanes) is 3. The third-order valence-electron chi connectivity index (χ3n) is 2.75. The Kier molecular flexibility index (Phi) is 6.15. The molecule has 0 saturated carbocycles. The van der Waals surface area contributed by atoms with Gasteiger partial charge in [0.1, 0.15) is 0 Å². The fraction of sp³-hybridized carbons (Fsp3) is 1.00. The number of hydrogen-bond donors (Lipinski definition) is 1. The molecule has 1 fully saturated rings. The fourth-order valence-electron chi connectivity index (χ4n) is 1.86. The topological polar surface area (TPSA) is 32.7 Å². The summed E-state index contributed by atoms with van der Waals surface area (Å²) in [6, 6.07) is 0. The Bertz CT molecular complexity index is 141. The highest BCUT2D eigenvalue weighted by atomic mass is 16.5. The number of nitrogens with zero attached hydrogens (tertiary/aromatic N) is 1. The molecule has 84 valence electrons. The molecule has 3 heteroatoms. The van der Waals surface area contributed by atoms with Gasteiger partial charge in [-0.15, -0.1) is 0 Å². The molecule has 0 aromatic rings. The van der Waals surface area contributed by atoms with Crippen molar-refractivity contribution in [2.75, 3.05) is 32.8 Å². The zero-order chi connectivity index (χ0) is 10.2. The van der Waals surface area contributed by atoms with E-state index in [2.05, 4.69) is 11.8 Å². The Labute approximate surface area is 87.1 Å². The Morgan fingerprint density at radius 1 is 1.36 bits per heavy atom. The smallest absolute Gasteiger partial charge is 0.0932 e. The molecule has 1 atom stereocenters. The van der Waals surface area contributed by atoms with Crippen LogP contribution in [0.2, 0.25) is 0 Å². The van der Waals surface area contributed by atoms with Crippen molar-refractivity contribution in [3.05, 3.63) is 0 Å². The molecule has 1 rings (SSSR count). The minimum Gasteiger partial charge on any atom is -0.394 e. The maximum Gasteiger partial charge on any atom is 0.0932 e. The zero-order valence-corrected chi connectivity index (χ0v) is 9.24. The van der Waals surface area contributed by atoms with Crippen LogP contribution in [-0.2, 0) is 4.74 Å². The van der Waals surface area contributed by atoms with Gasteiger partial charge in [-0.1, -0.05) is 26.2 Å². The van der Waals surface area contributed by atoms with Gasteiger partial charge in [-0.3, -0.25) is 4.90 Å². The van der Waals surface area contributed by atoms with E-state index in [1.54, 1.807) is 0 Å². The maximum absolute atomic E-state index is 8.97. The molecule has 0 aromatic heterocycles. The van der Waals surface area contributed by atoms with E-state index in [4.69, 9.17) is 9.84 Å². The van der Waals surface area contributed by atoms with E-state index in [9.17, 15) is 0 Å². The van der Waals surface area contributed by atoms with E-state index in [0.717, 1.165) is 19.7 Å². The quantitative estimate of drug-likeness (QED) is 0.657. The van der Waals surface area contributed by atoms with Gasteiger partial charge in [0, 0.05) is 13.1 Å². The van der Waals surface area contributed by atoms with Crippen LogP contribution in [-0.4, -0.2) is 49.0 Å². The second kappa shape index (κ2) is 7.21. The summed E-state index contributed by atoms with van der Waals surface area (Å²) in [5.74, 6) is 0. The molecule has 0 spiro atoms. The van der Waals surface area contributed by atoms with Crippen molar-refractivity contribution in [1.29, 1.82) is 0 Å². The predicted octanol–water partition coefficient (Wildman–Crippen LogP) is 1.26. The number of aliphatic hydroxyl groups is 1. The average Bonchev–Trinajstić information content (AvgIpc) is 2.25. The zero-order valence-electron chi connectivity index (χ0n) is 9.24. The number of morpholine rings is 1. The molecule has 0 bridgehead atoms. The molecule has 1 aliphatic rings. The number of rotatable bonds is 6. The highest BCUT2D eigenvalue weighted by molar-refractivity contribution is 4.70. The van der Waals surface area contributed by atoms with Gasteiger partial charge in [0.25, 0.3) is 0 Å². The molecular weight excluding hydrogens is 178 g/mol. The molecule has 1 unspecified atom stereocenters. The molecule has 0 aromatic carbocycles. The monoisotopic (exact) mass is 201 g/mol. The summed E-state index contributed by atoms with van der Waals surface area (Å²) in [6.45, 7) is 6.27. The van der Waals surface area contributed by atoms with E-state index in [-0.39, 0.29) is 12.7 Å². The summed E-state index contributed by atoms with van der Waals surface area (Å²) in [5, 5.41) is 8.97.